The molecule has 28 heavy (non-hydrogen) atoms. The molecule has 0 bridgehead atoms. The van der Waals surface area contributed by atoms with Gasteiger partial charge in [0.05, 0.1) is 23.6 Å². The van der Waals surface area contributed by atoms with Crippen LogP contribution >= 0.6 is 0 Å². The van der Waals surface area contributed by atoms with Gasteiger partial charge in [-0.2, -0.15) is 13.9 Å². The molecule has 0 aromatic carbocycles. The Hall–Kier alpha value is -3.10. The molecule has 2 N–H and O–H groups in total. The number of alkyl halides is 2. The summed E-state index contributed by atoms with van der Waals surface area (Å²) < 4.78 is 31.7. The third-order valence-electron chi connectivity index (χ3n) is 4.90. The Kier molecular flexibility index (Phi) is 3.96. The van der Waals surface area contributed by atoms with E-state index in [-0.39, 0.29) is 11.6 Å². The first-order chi connectivity index (χ1) is 13.6. The monoisotopic (exact) mass is 384 g/mol. The molecular formula is C19H18F2N6O. The van der Waals surface area contributed by atoms with Crippen LogP contribution in [0.1, 0.15) is 43.5 Å². The number of anilines is 1. The third-order valence-corrected chi connectivity index (χ3v) is 4.90. The van der Waals surface area contributed by atoms with E-state index >= 15 is 0 Å². The maximum atomic E-state index is 12.6. The highest BCUT2D eigenvalue weighted by Gasteiger charge is 2.29. The van der Waals surface area contributed by atoms with Gasteiger partial charge < -0.3 is 10.5 Å². The van der Waals surface area contributed by atoms with Crippen LogP contribution in [-0.4, -0.2) is 31.3 Å². The summed E-state index contributed by atoms with van der Waals surface area (Å²) in [5.74, 6) is 0.823. The fourth-order valence-electron chi connectivity index (χ4n) is 3.08. The van der Waals surface area contributed by atoms with Crippen molar-refractivity contribution in [3.8, 4) is 28.3 Å². The number of nitrogens with two attached hydrogens (primary N) is 1. The van der Waals surface area contributed by atoms with Gasteiger partial charge in [0.1, 0.15) is 5.82 Å². The van der Waals surface area contributed by atoms with Crippen LogP contribution in [0.15, 0.2) is 30.7 Å². The van der Waals surface area contributed by atoms with Crippen LogP contribution in [0.2, 0.25) is 0 Å². The van der Waals surface area contributed by atoms with Crippen molar-refractivity contribution in [2.24, 2.45) is 0 Å². The van der Waals surface area contributed by atoms with Gasteiger partial charge in [-0.1, -0.05) is 0 Å². The zero-order chi connectivity index (χ0) is 19.3. The number of hydrogen-bond acceptors (Lipinski definition) is 6. The van der Waals surface area contributed by atoms with E-state index in [9.17, 15) is 8.78 Å². The topological polar surface area (TPSA) is 91.7 Å². The van der Waals surface area contributed by atoms with Gasteiger partial charge in [0.15, 0.2) is 11.6 Å². The molecule has 2 aliphatic carbocycles. The molecule has 3 heterocycles. The minimum absolute atomic E-state index is 0.0912. The maximum Gasteiger partial charge on any atom is 0.387 e. The molecule has 2 fully saturated rings. The molecule has 0 saturated heterocycles. The van der Waals surface area contributed by atoms with E-state index < -0.39 is 6.61 Å². The molecule has 0 spiro atoms. The Morgan fingerprint density at radius 1 is 1.04 bits per heavy atom. The summed E-state index contributed by atoms with van der Waals surface area (Å²) in [5, 5.41) is 4.43. The lowest BCUT2D eigenvalue weighted by atomic mass is 10.1. The largest absolute Gasteiger partial charge is 0.431 e. The average molecular weight is 384 g/mol. The number of pyridine rings is 1. The van der Waals surface area contributed by atoms with Crippen LogP contribution < -0.4 is 10.5 Å². The summed E-state index contributed by atoms with van der Waals surface area (Å²) in [6.07, 6.45) is 9.68. The van der Waals surface area contributed by atoms with Gasteiger partial charge in [-0.15, -0.1) is 0 Å². The van der Waals surface area contributed by atoms with Crippen molar-refractivity contribution in [2.75, 3.05) is 5.73 Å². The Balaban J connectivity index is 1.56. The number of nitrogens with zero attached hydrogens (tertiary/aromatic N) is 5. The summed E-state index contributed by atoms with van der Waals surface area (Å²) in [6.45, 7) is -2.98. The van der Waals surface area contributed by atoms with E-state index in [0.29, 0.717) is 23.2 Å². The van der Waals surface area contributed by atoms with Gasteiger partial charge in [-0.3, -0.25) is 4.68 Å². The molecule has 7 nitrogen and oxygen atoms in total. The van der Waals surface area contributed by atoms with Gasteiger partial charge in [-0.05, 0) is 37.8 Å². The molecular weight excluding hydrogens is 366 g/mol. The quantitative estimate of drug-likeness (QED) is 0.695. The fraction of sp³-hybridized carbons (Fsp3) is 0.368. The molecule has 0 atom stereocenters. The lowest BCUT2D eigenvalue weighted by Gasteiger charge is -2.10. The second kappa shape index (κ2) is 6.50. The molecule has 2 saturated carbocycles. The molecule has 5 rings (SSSR count). The molecule has 0 amide bonds. The lowest BCUT2D eigenvalue weighted by Crippen LogP contribution is -2.06. The van der Waals surface area contributed by atoms with Crippen molar-refractivity contribution in [2.45, 2.75) is 44.3 Å². The Morgan fingerprint density at radius 2 is 1.79 bits per heavy atom. The molecule has 0 radical (unpaired) electrons. The van der Waals surface area contributed by atoms with Crippen molar-refractivity contribution in [1.82, 2.24) is 24.7 Å². The molecule has 2 aliphatic rings. The van der Waals surface area contributed by atoms with E-state index in [1.165, 1.54) is 12.3 Å². The lowest BCUT2D eigenvalue weighted by molar-refractivity contribution is -0.0494. The fourth-order valence-corrected chi connectivity index (χ4v) is 3.08. The highest BCUT2D eigenvalue weighted by Crippen LogP contribution is 2.40. The van der Waals surface area contributed by atoms with E-state index in [4.69, 9.17) is 10.7 Å². The van der Waals surface area contributed by atoms with Gasteiger partial charge in [-0.25, -0.2) is 15.0 Å². The summed E-state index contributed by atoms with van der Waals surface area (Å²) in [4.78, 5) is 13.3. The van der Waals surface area contributed by atoms with Gasteiger partial charge >= 0.3 is 6.61 Å². The van der Waals surface area contributed by atoms with E-state index in [2.05, 4.69) is 19.8 Å². The first kappa shape index (κ1) is 17.0. The summed E-state index contributed by atoms with van der Waals surface area (Å²) in [6, 6.07) is 3.73. The number of halogens is 2. The molecule has 0 aliphatic heterocycles. The maximum absolute atomic E-state index is 12.6. The van der Waals surface area contributed by atoms with Gasteiger partial charge in [0, 0.05) is 29.4 Å². The zero-order valence-electron chi connectivity index (χ0n) is 14.9. The van der Waals surface area contributed by atoms with Crippen LogP contribution in [-0.2, 0) is 0 Å². The normalized spacial score (nSPS) is 16.5. The summed E-state index contributed by atoms with van der Waals surface area (Å²) in [7, 11) is 0. The van der Waals surface area contributed by atoms with Crippen molar-refractivity contribution in [3.05, 3.63) is 36.5 Å². The Labute approximate surface area is 159 Å². The predicted octanol–water partition coefficient (Wildman–Crippen LogP) is 3.80. The second-order valence-corrected chi connectivity index (χ2v) is 7.20. The Morgan fingerprint density at radius 3 is 2.46 bits per heavy atom. The predicted molar refractivity (Wildman–Crippen MR) is 97.8 cm³/mol. The van der Waals surface area contributed by atoms with Crippen LogP contribution in [0.5, 0.6) is 5.75 Å². The average Bonchev–Trinajstić information content (AvgIpc) is 3.61. The number of hydrogen-bond donors (Lipinski definition) is 1. The number of rotatable bonds is 6. The van der Waals surface area contributed by atoms with Crippen molar-refractivity contribution >= 4 is 5.82 Å². The van der Waals surface area contributed by atoms with Crippen molar-refractivity contribution < 1.29 is 13.5 Å². The molecule has 0 unspecified atom stereocenters. The van der Waals surface area contributed by atoms with Crippen molar-refractivity contribution in [3.63, 3.8) is 0 Å². The minimum atomic E-state index is -2.98. The van der Waals surface area contributed by atoms with E-state index in [1.807, 2.05) is 16.9 Å². The first-order valence-corrected chi connectivity index (χ1v) is 9.21. The van der Waals surface area contributed by atoms with Gasteiger partial charge in [0.2, 0.25) is 0 Å². The van der Waals surface area contributed by atoms with Crippen LogP contribution in [0.25, 0.3) is 22.5 Å². The first-order valence-electron chi connectivity index (χ1n) is 9.21. The summed E-state index contributed by atoms with van der Waals surface area (Å²) >= 11 is 0. The van der Waals surface area contributed by atoms with Crippen LogP contribution in [0.4, 0.5) is 14.6 Å². The Bertz CT molecular complexity index is 1030. The zero-order valence-corrected chi connectivity index (χ0v) is 14.9. The summed E-state index contributed by atoms with van der Waals surface area (Å²) in [5.41, 5.74) is 8.45. The molecule has 3 aromatic heterocycles. The SMILES string of the molecule is Nc1ncc(-c2cc(-c3cnn(C4CC4)c3)nc(C3CC3)n2)cc1OC(F)F. The van der Waals surface area contributed by atoms with Crippen LogP contribution in [0.3, 0.4) is 0 Å². The van der Waals surface area contributed by atoms with Gasteiger partial charge in [0.25, 0.3) is 0 Å². The third kappa shape index (κ3) is 3.39. The highest BCUT2D eigenvalue weighted by molar-refractivity contribution is 5.69. The molecule has 3 aromatic rings. The standard InChI is InChI=1S/C19H18F2N6O/c20-19(21)28-16-5-11(7-23-17(16)22)14-6-15(26-18(25-14)10-1-2-10)12-8-24-27(9-12)13-3-4-13/h5-10,13,19H,1-4H2,(H2,22,23). The molecule has 9 heteroatoms. The second-order valence-electron chi connectivity index (χ2n) is 7.20. The van der Waals surface area contributed by atoms with E-state index in [1.54, 1.807) is 6.20 Å². The number of nitrogen functional groups attached to an aromatic ring is 1. The van der Waals surface area contributed by atoms with E-state index in [0.717, 1.165) is 42.8 Å². The van der Waals surface area contributed by atoms with Crippen molar-refractivity contribution in [1.29, 1.82) is 0 Å². The number of ether oxygens (including phenoxy) is 1. The highest BCUT2D eigenvalue weighted by atomic mass is 19.3. The minimum Gasteiger partial charge on any atom is -0.431 e. The smallest absolute Gasteiger partial charge is 0.387 e. The molecule has 144 valence electrons. The van der Waals surface area contributed by atoms with Crippen LogP contribution in [0, 0.1) is 0 Å². The number of aromatic nitrogens is 5.